The number of esters is 1. The minimum atomic E-state index is -0.948. The zero-order valence-electron chi connectivity index (χ0n) is 17.9. The van der Waals surface area contributed by atoms with Crippen molar-refractivity contribution >= 4 is 17.6 Å². The number of para-hydroxylation sites is 1. The molecule has 3 rings (SSSR count). The molecule has 1 heterocycles. The molecule has 7 nitrogen and oxygen atoms in total. The van der Waals surface area contributed by atoms with Crippen LogP contribution in [0.1, 0.15) is 70.8 Å². The van der Waals surface area contributed by atoms with Crippen LogP contribution in [-0.2, 0) is 19.7 Å². The molecule has 164 valence electrons. The smallest absolute Gasteiger partial charge is 0.306 e. The Morgan fingerprint density at radius 1 is 1.23 bits per heavy atom. The number of nitrogens with zero attached hydrogens (tertiary/aromatic N) is 1. The largest absolute Gasteiger partial charge is 0.466 e. The second-order valence-electron chi connectivity index (χ2n) is 8.53. The molecule has 1 fully saturated rings. The molecule has 30 heavy (non-hydrogen) atoms. The van der Waals surface area contributed by atoms with Crippen LogP contribution in [-0.4, -0.2) is 29.4 Å². The van der Waals surface area contributed by atoms with Crippen molar-refractivity contribution in [3.05, 3.63) is 39.9 Å². The first-order valence-electron chi connectivity index (χ1n) is 11.2. The number of fused-ring (bicyclic) bond motifs is 2. The molecular weight excluding hydrogens is 384 g/mol. The maximum atomic E-state index is 13.3. The van der Waals surface area contributed by atoms with Crippen LogP contribution in [0.4, 0.5) is 5.69 Å². The fourth-order valence-corrected chi connectivity index (χ4v) is 5.54. The third-order valence-corrected chi connectivity index (χ3v) is 6.77. The van der Waals surface area contributed by atoms with Gasteiger partial charge in [-0.3, -0.25) is 19.7 Å². The molecule has 1 spiro atoms. The number of nitrogens with one attached hydrogen (secondary N) is 1. The second kappa shape index (κ2) is 9.58. The number of amides is 1. The summed E-state index contributed by atoms with van der Waals surface area (Å²) in [4.78, 5) is 37.4. The molecule has 1 amide bonds. The highest BCUT2D eigenvalue weighted by molar-refractivity contribution is 6.07. The first kappa shape index (κ1) is 22.2. The Kier molecular flexibility index (Phi) is 7.10. The molecule has 4 atom stereocenters. The van der Waals surface area contributed by atoms with Gasteiger partial charge in [-0.15, -0.1) is 0 Å². The molecule has 0 saturated heterocycles. The zero-order valence-corrected chi connectivity index (χ0v) is 17.9. The molecule has 0 unspecified atom stereocenters. The third-order valence-electron chi connectivity index (χ3n) is 6.77. The van der Waals surface area contributed by atoms with Crippen molar-refractivity contribution < 1.29 is 19.2 Å². The number of benzene rings is 1. The molecule has 1 aliphatic heterocycles. The van der Waals surface area contributed by atoms with Gasteiger partial charge in [0.2, 0.25) is 11.9 Å². The number of anilines is 1. The maximum absolute atomic E-state index is 13.3. The lowest BCUT2D eigenvalue weighted by atomic mass is 9.70. The Morgan fingerprint density at radius 2 is 1.97 bits per heavy atom. The van der Waals surface area contributed by atoms with E-state index in [1.165, 1.54) is 0 Å². The van der Waals surface area contributed by atoms with Gasteiger partial charge in [0.15, 0.2) is 0 Å². The summed E-state index contributed by atoms with van der Waals surface area (Å²) in [5.41, 5.74) is 0.625. The molecule has 2 aliphatic rings. The van der Waals surface area contributed by atoms with Gasteiger partial charge >= 0.3 is 5.97 Å². The van der Waals surface area contributed by atoms with E-state index < -0.39 is 29.3 Å². The molecule has 1 N–H and O–H groups in total. The lowest BCUT2D eigenvalue weighted by molar-refractivity contribution is -0.537. The number of carbonyl (C=O) groups excluding carboxylic acids is 2. The quantitative estimate of drug-likeness (QED) is 0.263. The van der Waals surface area contributed by atoms with Crippen LogP contribution < -0.4 is 5.32 Å². The molecule has 0 bridgehead atoms. The van der Waals surface area contributed by atoms with E-state index in [0.29, 0.717) is 12.8 Å². The van der Waals surface area contributed by atoms with Gasteiger partial charge < -0.3 is 10.1 Å². The summed E-state index contributed by atoms with van der Waals surface area (Å²) < 4.78 is 5.08. The normalized spacial score (nSPS) is 27.1. The number of ether oxygens (including phenoxy) is 1. The van der Waals surface area contributed by atoms with E-state index in [1.807, 2.05) is 24.3 Å². The van der Waals surface area contributed by atoms with Crippen LogP contribution >= 0.6 is 0 Å². The van der Waals surface area contributed by atoms with Gasteiger partial charge in [-0.25, -0.2) is 0 Å². The number of unbranched alkanes of at least 4 members (excludes halogenated alkanes) is 4. The van der Waals surface area contributed by atoms with Gasteiger partial charge in [-0.1, -0.05) is 57.2 Å². The third kappa shape index (κ3) is 4.07. The number of rotatable bonds is 10. The topological polar surface area (TPSA) is 98.5 Å². The van der Waals surface area contributed by atoms with Crippen molar-refractivity contribution in [2.45, 2.75) is 76.7 Å². The Labute approximate surface area is 177 Å². The highest BCUT2D eigenvalue weighted by Crippen LogP contribution is 2.57. The molecule has 7 heteroatoms. The van der Waals surface area contributed by atoms with E-state index in [9.17, 15) is 19.7 Å². The number of hydrogen-bond donors (Lipinski definition) is 1. The maximum Gasteiger partial charge on any atom is 0.306 e. The zero-order chi connectivity index (χ0) is 21.7. The number of carbonyl (C=O) groups is 2. The fraction of sp³-hybridized carbons (Fsp3) is 0.652. The molecule has 0 radical (unpaired) electrons. The summed E-state index contributed by atoms with van der Waals surface area (Å²) in [5, 5.41) is 15.1. The van der Waals surface area contributed by atoms with Gasteiger partial charge in [-0.05, 0) is 31.4 Å². The van der Waals surface area contributed by atoms with Crippen molar-refractivity contribution in [3.8, 4) is 0 Å². The van der Waals surface area contributed by atoms with E-state index in [4.69, 9.17) is 4.74 Å². The van der Waals surface area contributed by atoms with Crippen molar-refractivity contribution in [2.24, 2.45) is 11.8 Å². The Morgan fingerprint density at radius 3 is 2.67 bits per heavy atom. The Hall–Kier alpha value is -2.44. The van der Waals surface area contributed by atoms with Crippen LogP contribution in [0.2, 0.25) is 0 Å². The molecular formula is C23H32N2O5. The molecule has 1 saturated carbocycles. The van der Waals surface area contributed by atoms with Gasteiger partial charge in [-0.2, -0.15) is 0 Å². The average molecular weight is 417 g/mol. The summed E-state index contributed by atoms with van der Waals surface area (Å²) in [6, 6.07) is 6.55. The van der Waals surface area contributed by atoms with Crippen LogP contribution in [0.5, 0.6) is 0 Å². The van der Waals surface area contributed by atoms with Gasteiger partial charge in [0.1, 0.15) is 0 Å². The van der Waals surface area contributed by atoms with Crippen molar-refractivity contribution in [2.75, 3.05) is 11.9 Å². The standard InChI is InChI=1S/C23H32N2O5/c1-3-5-6-7-8-12-18-21(25(28)29)16(14-20(26)30-4-2)15-23(18)17-11-9-10-13-19(17)24-22(23)27/h9-11,13,16,18,21H,3-8,12,14-15H2,1-2H3,(H,24,27)/t16-,18+,21-,23-/m1/s1. The van der Waals surface area contributed by atoms with Gasteiger partial charge in [0.05, 0.1) is 18.4 Å². The Balaban J connectivity index is 1.95. The number of hydrogen-bond acceptors (Lipinski definition) is 5. The molecule has 1 aromatic carbocycles. The second-order valence-corrected chi connectivity index (χ2v) is 8.53. The van der Waals surface area contributed by atoms with E-state index >= 15 is 0 Å². The minimum absolute atomic E-state index is 0.0248. The summed E-state index contributed by atoms with van der Waals surface area (Å²) in [5.74, 6) is -1.55. The van der Waals surface area contributed by atoms with Crippen LogP contribution in [0.15, 0.2) is 24.3 Å². The van der Waals surface area contributed by atoms with Gasteiger partial charge in [0, 0.05) is 22.4 Å². The Bertz CT molecular complexity index is 796. The lowest BCUT2D eigenvalue weighted by Crippen LogP contribution is -2.43. The highest BCUT2D eigenvalue weighted by Gasteiger charge is 2.65. The highest BCUT2D eigenvalue weighted by atomic mass is 16.6. The molecule has 0 aromatic heterocycles. The van der Waals surface area contributed by atoms with E-state index in [2.05, 4.69) is 12.2 Å². The van der Waals surface area contributed by atoms with Crippen molar-refractivity contribution in [1.29, 1.82) is 0 Å². The van der Waals surface area contributed by atoms with Crippen LogP contribution in [0, 0.1) is 22.0 Å². The first-order valence-corrected chi connectivity index (χ1v) is 11.2. The monoisotopic (exact) mass is 416 g/mol. The van der Waals surface area contributed by atoms with Crippen LogP contribution in [0.3, 0.4) is 0 Å². The lowest BCUT2D eigenvalue weighted by Gasteiger charge is -2.29. The van der Waals surface area contributed by atoms with Crippen LogP contribution in [0.25, 0.3) is 0 Å². The molecule has 1 aromatic rings. The molecule has 1 aliphatic carbocycles. The summed E-state index contributed by atoms with van der Waals surface area (Å²) in [6.45, 7) is 4.11. The number of nitro groups is 1. The first-order chi connectivity index (χ1) is 14.5. The predicted octanol–water partition coefficient (Wildman–Crippen LogP) is 4.47. The van der Waals surface area contributed by atoms with E-state index in [-0.39, 0.29) is 23.9 Å². The van der Waals surface area contributed by atoms with E-state index in [1.54, 1.807) is 6.92 Å². The summed E-state index contributed by atoms with van der Waals surface area (Å²) in [7, 11) is 0. The minimum Gasteiger partial charge on any atom is -0.466 e. The van der Waals surface area contributed by atoms with E-state index in [0.717, 1.165) is 43.4 Å². The van der Waals surface area contributed by atoms with Crippen molar-refractivity contribution in [3.63, 3.8) is 0 Å². The fourth-order valence-electron chi connectivity index (χ4n) is 5.54. The predicted molar refractivity (Wildman–Crippen MR) is 114 cm³/mol. The SMILES string of the molecule is CCCCCCC[C@H]1[C@H]([N+](=O)[O-])[C@H](CC(=O)OCC)C[C@]12C(=O)Nc1ccccc12. The van der Waals surface area contributed by atoms with Crippen molar-refractivity contribution in [1.82, 2.24) is 0 Å². The summed E-state index contributed by atoms with van der Waals surface area (Å²) in [6.07, 6.45) is 6.09. The average Bonchev–Trinajstić information content (AvgIpc) is 3.17. The summed E-state index contributed by atoms with van der Waals surface area (Å²) >= 11 is 0. The van der Waals surface area contributed by atoms with Gasteiger partial charge in [0.25, 0.3) is 0 Å².